The molecule has 146 valence electrons. The molecule has 0 radical (unpaired) electrons. The Labute approximate surface area is 153 Å². The Kier molecular flexibility index (Phi) is 6.20. The quantitative estimate of drug-likeness (QED) is 0.770. The van der Waals surface area contributed by atoms with Gasteiger partial charge in [-0.15, -0.1) is 0 Å². The molecule has 0 bridgehead atoms. The molecule has 1 aliphatic rings. The van der Waals surface area contributed by atoms with Crippen molar-refractivity contribution in [2.24, 2.45) is 5.41 Å². The van der Waals surface area contributed by atoms with Crippen molar-refractivity contribution in [3.63, 3.8) is 0 Å². The lowest BCUT2D eigenvalue weighted by molar-refractivity contribution is -0.214. The number of nitrogens with one attached hydrogen (secondary N) is 1. The summed E-state index contributed by atoms with van der Waals surface area (Å²) < 4.78 is 39.0. The molecule has 0 aliphatic carbocycles. The first-order valence-electron chi connectivity index (χ1n) is 8.10. The van der Waals surface area contributed by atoms with Crippen LogP contribution in [0.3, 0.4) is 0 Å². The number of aromatic amines is 1. The van der Waals surface area contributed by atoms with E-state index in [4.69, 9.17) is 0 Å². The third kappa shape index (κ3) is 4.68. The highest BCUT2D eigenvalue weighted by atomic mass is 32.2. The van der Waals surface area contributed by atoms with Gasteiger partial charge >= 0.3 is 12.2 Å². The number of amides is 3. The number of alkyl halides is 3. The second-order valence-electron chi connectivity index (χ2n) is 6.76. The molecule has 0 spiro atoms. The molecule has 1 aromatic heterocycles. The number of nitrogens with zero attached hydrogens (tertiary/aromatic N) is 4. The summed E-state index contributed by atoms with van der Waals surface area (Å²) in [5.74, 6) is 1.26. The molecule has 11 heteroatoms. The average Bonchev–Trinajstić information content (AvgIpc) is 2.96. The van der Waals surface area contributed by atoms with E-state index in [1.165, 1.54) is 4.90 Å². The van der Waals surface area contributed by atoms with Crippen molar-refractivity contribution in [3.05, 3.63) is 11.6 Å². The van der Waals surface area contributed by atoms with E-state index in [9.17, 15) is 22.8 Å². The summed E-state index contributed by atoms with van der Waals surface area (Å²) in [6.45, 7) is 2.19. The van der Waals surface area contributed by atoms with E-state index < -0.39 is 23.5 Å². The van der Waals surface area contributed by atoms with E-state index in [-0.39, 0.29) is 32.5 Å². The fraction of sp³-hybridized carbons (Fsp3) is 0.733. The summed E-state index contributed by atoms with van der Waals surface area (Å²) in [7, 11) is 0. The Balaban J connectivity index is 2.01. The Morgan fingerprint density at radius 1 is 1.27 bits per heavy atom. The largest absolute Gasteiger partial charge is 0.394 e. The van der Waals surface area contributed by atoms with E-state index in [1.54, 1.807) is 11.8 Å². The maximum atomic E-state index is 13.0. The number of thioether (sulfide) groups is 1. The minimum Gasteiger partial charge on any atom is -0.316 e. The summed E-state index contributed by atoms with van der Waals surface area (Å²) in [6, 6.07) is -0.595. The predicted octanol–water partition coefficient (Wildman–Crippen LogP) is 2.80. The maximum absolute atomic E-state index is 13.0. The minimum absolute atomic E-state index is 0.0734. The number of halogens is 3. The fourth-order valence-corrected chi connectivity index (χ4v) is 2.81. The second-order valence-corrected chi connectivity index (χ2v) is 7.63. The molecule has 3 amide bonds. The van der Waals surface area contributed by atoms with Crippen molar-refractivity contribution in [2.45, 2.75) is 45.2 Å². The number of urea groups is 1. The first kappa shape index (κ1) is 20.5. The second kappa shape index (κ2) is 7.85. The molecule has 2 heterocycles. The number of hydrogen-bond acceptors (Lipinski definition) is 5. The Hall–Kier alpha value is -1.78. The number of imide groups is 1. The van der Waals surface area contributed by atoms with Gasteiger partial charge in [-0.05, 0) is 12.7 Å². The molecule has 1 aromatic rings. The third-order valence-electron chi connectivity index (χ3n) is 4.32. The highest BCUT2D eigenvalue weighted by molar-refractivity contribution is 7.97. The van der Waals surface area contributed by atoms with Crippen LogP contribution in [0.25, 0.3) is 0 Å². The van der Waals surface area contributed by atoms with Crippen molar-refractivity contribution in [1.82, 2.24) is 25.0 Å². The number of rotatable bonds is 7. The van der Waals surface area contributed by atoms with Gasteiger partial charge in [0.15, 0.2) is 5.82 Å². The number of aromatic nitrogens is 3. The lowest BCUT2D eigenvalue weighted by Crippen LogP contribution is -2.53. The number of carbonyl (C=O) groups is 2. The van der Waals surface area contributed by atoms with Crippen LogP contribution in [0.4, 0.5) is 18.0 Å². The zero-order valence-corrected chi connectivity index (χ0v) is 15.7. The van der Waals surface area contributed by atoms with E-state index >= 15 is 0 Å². The van der Waals surface area contributed by atoms with Crippen LogP contribution in [-0.2, 0) is 17.1 Å². The van der Waals surface area contributed by atoms with Gasteiger partial charge in [-0.2, -0.15) is 30.0 Å². The first-order valence-corrected chi connectivity index (χ1v) is 9.49. The molecule has 1 N–H and O–H groups in total. The van der Waals surface area contributed by atoms with Gasteiger partial charge in [-0.25, -0.2) is 9.78 Å². The van der Waals surface area contributed by atoms with Crippen molar-refractivity contribution in [1.29, 1.82) is 0 Å². The maximum Gasteiger partial charge on any atom is 0.394 e. The molecule has 1 saturated heterocycles. The Bertz CT molecular complexity index is 662. The van der Waals surface area contributed by atoms with Gasteiger partial charge in [0, 0.05) is 19.5 Å². The van der Waals surface area contributed by atoms with Crippen LogP contribution in [0.5, 0.6) is 0 Å². The van der Waals surface area contributed by atoms with Crippen molar-refractivity contribution < 1.29 is 22.8 Å². The molecule has 7 nitrogen and oxygen atoms in total. The number of H-pyrrole nitrogens is 1. The van der Waals surface area contributed by atoms with Crippen LogP contribution in [-0.4, -0.2) is 62.4 Å². The van der Waals surface area contributed by atoms with Gasteiger partial charge in [-0.1, -0.05) is 13.8 Å². The molecule has 0 saturated carbocycles. The van der Waals surface area contributed by atoms with Gasteiger partial charge in [0.1, 0.15) is 5.82 Å². The molecule has 1 fully saturated rings. The summed E-state index contributed by atoms with van der Waals surface area (Å²) in [4.78, 5) is 31.1. The van der Waals surface area contributed by atoms with Gasteiger partial charge in [-0.3, -0.25) is 14.8 Å². The fourth-order valence-electron chi connectivity index (χ4n) is 2.42. The molecule has 0 atom stereocenters. The van der Waals surface area contributed by atoms with Crippen LogP contribution >= 0.6 is 11.8 Å². The summed E-state index contributed by atoms with van der Waals surface area (Å²) >= 11 is 1.56. The Morgan fingerprint density at radius 2 is 1.96 bits per heavy atom. The molecule has 1 aliphatic heterocycles. The van der Waals surface area contributed by atoms with Crippen LogP contribution in [0.2, 0.25) is 0 Å². The first-order chi connectivity index (χ1) is 12.0. The van der Waals surface area contributed by atoms with Crippen molar-refractivity contribution >= 4 is 23.7 Å². The van der Waals surface area contributed by atoms with E-state index in [0.29, 0.717) is 17.4 Å². The molecule has 26 heavy (non-hydrogen) atoms. The van der Waals surface area contributed by atoms with Crippen molar-refractivity contribution in [2.75, 3.05) is 19.3 Å². The molecule has 0 aromatic carbocycles. The average molecular weight is 393 g/mol. The van der Waals surface area contributed by atoms with Crippen LogP contribution in [0.1, 0.15) is 38.3 Å². The van der Waals surface area contributed by atoms with Crippen LogP contribution < -0.4 is 0 Å². The normalized spacial score (nSPS) is 16.5. The smallest absolute Gasteiger partial charge is 0.316 e. The van der Waals surface area contributed by atoms with Gasteiger partial charge in [0.05, 0.1) is 17.7 Å². The highest BCUT2D eigenvalue weighted by Crippen LogP contribution is 2.40. The lowest BCUT2D eigenvalue weighted by Gasteiger charge is -2.36. The number of hydrogen-bond donors (Lipinski definition) is 1. The van der Waals surface area contributed by atoms with Crippen LogP contribution in [0.15, 0.2) is 0 Å². The predicted molar refractivity (Wildman–Crippen MR) is 90.2 cm³/mol. The van der Waals surface area contributed by atoms with Crippen molar-refractivity contribution in [3.8, 4) is 0 Å². The summed E-state index contributed by atoms with van der Waals surface area (Å²) in [5, 5.41) is 6.77. The lowest BCUT2D eigenvalue weighted by atomic mass is 9.88. The summed E-state index contributed by atoms with van der Waals surface area (Å²) in [6.07, 6.45) is -2.76. The molecular formula is C15H22F3N5O2S. The third-order valence-corrected chi connectivity index (χ3v) is 4.86. The zero-order chi connectivity index (χ0) is 19.5. The molecule has 0 unspecified atom stereocenters. The number of carbonyl (C=O) groups excluding carboxylic acids is 2. The van der Waals surface area contributed by atoms with Gasteiger partial charge in [0.2, 0.25) is 5.91 Å². The molecular weight excluding hydrogens is 371 g/mol. The minimum atomic E-state index is -4.40. The monoisotopic (exact) mass is 393 g/mol. The summed E-state index contributed by atoms with van der Waals surface area (Å²) in [5.41, 5.74) is -1.98. The van der Waals surface area contributed by atoms with Crippen LogP contribution in [0, 0.1) is 5.41 Å². The zero-order valence-electron chi connectivity index (χ0n) is 14.9. The standard InChI is InChI=1S/C15H22F3N5O2S/c1-14(2,15(16,17)18)5-7-23-12(24)4-6-22(13(23)25)8-10-19-11(9-26-3)21-20-10/h4-9H2,1-3H3,(H,19,20,21). The molecule has 2 rings (SSSR count). The Morgan fingerprint density at radius 3 is 2.58 bits per heavy atom. The van der Waals surface area contributed by atoms with E-state index in [2.05, 4.69) is 15.2 Å². The van der Waals surface area contributed by atoms with E-state index in [0.717, 1.165) is 18.7 Å². The SMILES string of the molecule is CSCc1n[nH]c(CN2CCC(=O)N(CCC(C)(C)C(F)(F)F)C2=O)n1. The van der Waals surface area contributed by atoms with E-state index in [1.807, 2.05) is 6.26 Å². The van der Waals surface area contributed by atoms with Gasteiger partial charge in [0.25, 0.3) is 0 Å². The highest BCUT2D eigenvalue weighted by Gasteiger charge is 2.47. The topological polar surface area (TPSA) is 82.2 Å². The van der Waals surface area contributed by atoms with Gasteiger partial charge < -0.3 is 4.90 Å².